The largest absolute Gasteiger partial charge is 0.496 e. The number of benzene rings is 1. The molecular weight excluding hydrogens is 236 g/mol. The number of aryl methyl sites for hydroxylation is 1. The first-order chi connectivity index (χ1) is 8.90. The van der Waals surface area contributed by atoms with Gasteiger partial charge in [0.1, 0.15) is 5.75 Å². The van der Waals surface area contributed by atoms with Gasteiger partial charge >= 0.3 is 0 Å². The maximum atomic E-state index is 5.54. The van der Waals surface area contributed by atoms with Gasteiger partial charge in [0.05, 0.1) is 13.2 Å². The van der Waals surface area contributed by atoms with Gasteiger partial charge in [-0.25, -0.2) is 0 Å². The van der Waals surface area contributed by atoms with Crippen LogP contribution in [0, 0.1) is 6.92 Å². The molecule has 0 saturated carbocycles. The molecule has 0 aliphatic rings. The lowest BCUT2D eigenvalue weighted by atomic mass is 9.82. The molecule has 19 heavy (non-hydrogen) atoms. The van der Waals surface area contributed by atoms with Crippen molar-refractivity contribution in [1.82, 2.24) is 10.2 Å². The van der Waals surface area contributed by atoms with Crippen LogP contribution in [0.2, 0.25) is 0 Å². The third kappa shape index (κ3) is 3.10. The first-order valence-electron chi connectivity index (χ1n) is 6.90. The molecule has 3 heteroatoms. The summed E-state index contributed by atoms with van der Waals surface area (Å²) in [7, 11) is 8.02. The number of methoxy groups -OCH3 is 1. The van der Waals surface area contributed by atoms with Gasteiger partial charge in [0, 0.05) is 11.1 Å². The number of nitrogens with one attached hydrogen (secondary N) is 1. The fourth-order valence-electron chi connectivity index (χ4n) is 2.66. The summed E-state index contributed by atoms with van der Waals surface area (Å²) >= 11 is 0. The van der Waals surface area contributed by atoms with Crippen molar-refractivity contribution in [3.63, 3.8) is 0 Å². The normalized spacial score (nSPS) is 16.2. The summed E-state index contributed by atoms with van der Waals surface area (Å²) in [6.07, 6.45) is 1.06. The molecule has 0 aliphatic heterocycles. The molecule has 0 fully saturated rings. The first-order valence-corrected chi connectivity index (χ1v) is 6.90. The molecule has 1 aromatic carbocycles. The Morgan fingerprint density at radius 2 is 2.00 bits per heavy atom. The topological polar surface area (TPSA) is 24.5 Å². The third-order valence-corrected chi connectivity index (χ3v) is 4.34. The van der Waals surface area contributed by atoms with Crippen molar-refractivity contribution in [3.8, 4) is 5.75 Å². The highest BCUT2D eigenvalue weighted by Crippen LogP contribution is 2.37. The molecule has 108 valence electrons. The predicted octanol–water partition coefficient (Wildman–Crippen LogP) is 2.99. The summed E-state index contributed by atoms with van der Waals surface area (Å²) in [6.45, 7) is 6.64. The quantitative estimate of drug-likeness (QED) is 0.855. The van der Waals surface area contributed by atoms with Crippen molar-refractivity contribution in [2.24, 2.45) is 0 Å². The summed E-state index contributed by atoms with van der Waals surface area (Å²) < 4.78 is 5.54. The molecule has 0 bridgehead atoms. The van der Waals surface area contributed by atoms with Crippen LogP contribution in [0.5, 0.6) is 5.75 Å². The van der Waals surface area contributed by atoms with Crippen molar-refractivity contribution in [2.75, 3.05) is 28.3 Å². The van der Waals surface area contributed by atoms with E-state index in [9.17, 15) is 0 Å². The van der Waals surface area contributed by atoms with E-state index in [1.807, 2.05) is 7.05 Å². The Bertz CT molecular complexity index is 417. The molecule has 2 unspecified atom stereocenters. The van der Waals surface area contributed by atoms with Gasteiger partial charge in [0.25, 0.3) is 0 Å². The standard InChI is InChI=1S/C16H28N2O/c1-8-16(3,18(5)6)15(17-4)13-11-12(2)9-10-14(13)19-7/h9-11,15,17H,8H2,1-7H3. The van der Waals surface area contributed by atoms with E-state index in [2.05, 4.69) is 63.3 Å². The lowest BCUT2D eigenvalue weighted by Crippen LogP contribution is -2.50. The third-order valence-electron chi connectivity index (χ3n) is 4.34. The van der Waals surface area contributed by atoms with Crippen LogP contribution in [-0.4, -0.2) is 38.7 Å². The van der Waals surface area contributed by atoms with E-state index < -0.39 is 0 Å². The van der Waals surface area contributed by atoms with E-state index >= 15 is 0 Å². The van der Waals surface area contributed by atoms with Crippen LogP contribution in [0.4, 0.5) is 0 Å². The first kappa shape index (κ1) is 16.0. The molecule has 2 atom stereocenters. The van der Waals surface area contributed by atoms with E-state index in [1.165, 1.54) is 11.1 Å². The van der Waals surface area contributed by atoms with Gasteiger partial charge in [0.2, 0.25) is 0 Å². The minimum Gasteiger partial charge on any atom is -0.496 e. The van der Waals surface area contributed by atoms with Gasteiger partial charge in [0.15, 0.2) is 0 Å². The molecule has 0 aliphatic carbocycles. The highest BCUT2D eigenvalue weighted by atomic mass is 16.5. The molecule has 1 aromatic rings. The molecule has 1 N–H and O–H groups in total. The van der Waals surface area contributed by atoms with E-state index in [4.69, 9.17) is 4.74 Å². The lowest BCUT2D eigenvalue weighted by Gasteiger charge is -2.43. The Kier molecular flexibility index (Phi) is 5.39. The van der Waals surface area contributed by atoms with Crippen LogP contribution in [-0.2, 0) is 0 Å². The molecule has 0 radical (unpaired) electrons. The van der Waals surface area contributed by atoms with Gasteiger partial charge in [-0.2, -0.15) is 0 Å². The number of hydrogen-bond acceptors (Lipinski definition) is 3. The fourth-order valence-corrected chi connectivity index (χ4v) is 2.66. The van der Waals surface area contributed by atoms with Crippen molar-refractivity contribution in [3.05, 3.63) is 29.3 Å². The van der Waals surface area contributed by atoms with Crippen LogP contribution in [0.15, 0.2) is 18.2 Å². The minimum absolute atomic E-state index is 0.0375. The van der Waals surface area contributed by atoms with E-state index in [0.29, 0.717) is 0 Å². The number of hydrogen-bond donors (Lipinski definition) is 1. The van der Waals surface area contributed by atoms with E-state index in [1.54, 1.807) is 7.11 Å². The average molecular weight is 264 g/mol. The van der Waals surface area contributed by atoms with Crippen molar-refractivity contribution in [1.29, 1.82) is 0 Å². The molecule has 0 amide bonds. The van der Waals surface area contributed by atoms with Crippen LogP contribution in [0.3, 0.4) is 0 Å². The van der Waals surface area contributed by atoms with Gasteiger partial charge in [-0.15, -0.1) is 0 Å². The number of ether oxygens (including phenoxy) is 1. The second kappa shape index (κ2) is 6.40. The summed E-state index contributed by atoms with van der Waals surface area (Å²) in [4.78, 5) is 2.29. The smallest absolute Gasteiger partial charge is 0.123 e. The van der Waals surface area contributed by atoms with Crippen LogP contribution < -0.4 is 10.1 Å². The summed E-state index contributed by atoms with van der Waals surface area (Å²) in [5, 5.41) is 3.47. The Labute approximate surface area is 118 Å². The SMILES string of the molecule is CCC(C)(C(NC)c1cc(C)ccc1OC)N(C)C. The summed E-state index contributed by atoms with van der Waals surface area (Å²) in [5.41, 5.74) is 2.52. The Hall–Kier alpha value is -1.06. The summed E-state index contributed by atoms with van der Waals surface area (Å²) in [5.74, 6) is 0.950. The van der Waals surface area contributed by atoms with Gasteiger partial charge in [-0.1, -0.05) is 24.6 Å². The average Bonchev–Trinajstić information content (AvgIpc) is 2.39. The Balaban J connectivity index is 3.33. The summed E-state index contributed by atoms with van der Waals surface area (Å²) in [6, 6.07) is 6.59. The zero-order valence-corrected chi connectivity index (χ0v) is 13.4. The molecular formula is C16H28N2O. The highest BCUT2D eigenvalue weighted by Gasteiger charge is 2.36. The van der Waals surface area contributed by atoms with Crippen LogP contribution in [0.25, 0.3) is 0 Å². The van der Waals surface area contributed by atoms with Crippen molar-refractivity contribution >= 4 is 0 Å². The number of rotatable bonds is 6. The van der Waals surface area contributed by atoms with Crippen LogP contribution in [0.1, 0.15) is 37.4 Å². The van der Waals surface area contributed by atoms with E-state index in [0.717, 1.165) is 12.2 Å². The lowest BCUT2D eigenvalue weighted by molar-refractivity contribution is 0.115. The van der Waals surface area contributed by atoms with Gasteiger partial charge in [-0.3, -0.25) is 0 Å². The zero-order chi connectivity index (χ0) is 14.6. The molecule has 0 heterocycles. The number of likely N-dealkylation sites (N-methyl/N-ethyl adjacent to an activating group) is 2. The van der Waals surface area contributed by atoms with Gasteiger partial charge in [-0.05, 0) is 47.5 Å². The molecule has 0 aromatic heterocycles. The van der Waals surface area contributed by atoms with Crippen molar-refractivity contribution in [2.45, 2.75) is 38.8 Å². The zero-order valence-electron chi connectivity index (χ0n) is 13.4. The second-order valence-corrected chi connectivity index (χ2v) is 5.57. The maximum absolute atomic E-state index is 5.54. The monoisotopic (exact) mass is 264 g/mol. The number of nitrogens with zero attached hydrogens (tertiary/aromatic N) is 1. The molecule has 0 saturated heterocycles. The van der Waals surface area contributed by atoms with E-state index in [-0.39, 0.29) is 11.6 Å². The Morgan fingerprint density at radius 1 is 1.37 bits per heavy atom. The van der Waals surface area contributed by atoms with Crippen LogP contribution >= 0.6 is 0 Å². The van der Waals surface area contributed by atoms with Gasteiger partial charge < -0.3 is 15.0 Å². The highest BCUT2D eigenvalue weighted by molar-refractivity contribution is 5.40. The minimum atomic E-state index is 0.0375. The molecule has 3 nitrogen and oxygen atoms in total. The molecule has 0 spiro atoms. The predicted molar refractivity (Wildman–Crippen MR) is 81.9 cm³/mol. The molecule has 1 rings (SSSR count). The fraction of sp³-hybridized carbons (Fsp3) is 0.625. The maximum Gasteiger partial charge on any atom is 0.123 e. The van der Waals surface area contributed by atoms with Crippen molar-refractivity contribution < 1.29 is 4.74 Å². The second-order valence-electron chi connectivity index (χ2n) is 5.57. The Morgan fingerprint density at radius 3 is 2.42 bits per heavy atom.